The Bertz CT molecular complexity index is 843. The number of likely N-dealkylation sites (tertiary alicyclic amines) is 1. The first-order valence-electron chi connectivity index (χ1n) is 10.6. The Balaban J connectivity index is 1.48. The Labute approximate surface area is 178 Å². The molecule has 1 aliphatic rings. The number of carbonyl (C=O) groups is 2. The van der Waals surface area contributed by atoms with Gasteiger partial charge in [0.25, 0.3) is 5.91 Å². The zero-order valence-electron chi connectivity index (χ0n) is 17.8. The van der Waals surface area contributed by atoms with E-state index in [9.17, 15) is 9.59 Å². The van der Waals surface area contributed by atoms with Crippen LogP contribution in [0, 0.1) is 5.92 Å². The average molecular weight is 410 g/mol. The monoisotopic (exact) mass is 409 g/mol. The summed E-state index contributed by atoms with van der Waals surface area (Å²) in [5.74, 6) is 1.25. The molecule has 2 aromatic rings. The maximum absolute atomic E-state index is 12.5. The minimum absolute atomic E-state index is 0.0411. The number of urea groups is 1. The van der Waals surface area contributed by atoms with Crippen LogP contribution in [0.1, 0.15) is 41.3 Å². The van der Waals surface area contributed by atoms with Crippen LogP contribution in [0.2, 0.25) is 0 Å². The van der Waals surface area contributed by atoms with Gasteiger partial charge in [0.1, 0.15) is 5.75 Å². The van der Waals surface area contributed by atoms with Gasteiger partial charge in [-0.2, -0.15) is 0 Å². The van der Waals surface area contributed by atoms with Gasteiger partial charge in [-0.15, -0.1) is 0 Å². The number of amides is 3. The summed E-state index contributed by atoms with van der Waals surface area (Å²) in [6.07, 6.45) is 3.00. The Kier molecular flexibility index (Phi) is 7.71. The second kappa shape index (κ2) is 10.7. The molecule has 30 heavy (non-hydrogen) atoms. The fourth-order valence-electron chi connectivity index (χ4n) is 3.86. The van der Waals surface area contributed by atoms with E-state index in [4.69, 9.17) is 4.74 Å². The highest BCUT2D eigenvalue weighted by atomic mass is 16.5. The zero-order chi connectivity index (χ0) is 21.3. The van der Waals surface area contributed by atoms with Gasteiger partial charge in [-0.05, 0) is 55.9 Å². The fraction of sp³-hybridized carbons (Fsp3) is 0.417. The van der Waals surface area contributed by atoms with Gasteiger partial charge in [-0.25, -0.2) is 4.79 Å². The number of hydrogen-bond acceptors (Lipinski definition) is 3. The molecule has 0 aliphatic carbocycles. The SMILES string of the molecule is CCNC(=O)N1CCC(Cc2ccc(C(=O)NCc3ccccc3OC)cc2)CC1. The number of nitrogens with one attached hydrogen (secondary N) is 2. The molecule has 0 bridgehead atoms. The average Bonchev–Trinajstić information content (AvgIpc) is 2.79. The molecule has 3 amide bonds. The van der Waals surface area contributed by atoms with Gasteiger partial charge >= 0.3 is 6.03 Å². The van der Waals surface area contributed by atoms with Crippen LogP contribution in [-0.2, 0) is 13.0 Å². The molecule has 1 fully saturated rings. The molecule has 0 saturated carbocycles. The molecule has 6 nitrogen and oxygen atoms in total. The van der Waals surface area contributed by atoms with Gasteiger partial charge in [0.2, 0.25) is 0 Å². The van der Waals surface area contributed by atoms with Crippen molar-refractivity contribution in [3.05, 3.63) is 65.2 Å². The third-order valence-electron chi connectivity index (χ3n) is 5.60. The van der Waals surface area contributed by atoms with Crippen molar-refractivity contribution in [2.45, 2.75) is 32.7 Å². The summed E-state index contributed by atoms with van der Waals surface area (Å²) < 4.78 is 5.33. The maximum atomic E-state index is 12.5. The highest BCUT2D eigenvalue weighted by Gasteiger charge is 2.22. The predicted octanol–water partition coefficient (Wildman–Crippen LogP) is 3.61. The summed E-state index contributed by atoms with van der Waals surface area (Å²) in [5, 5.41) is 5.82. The van der Waals surface area contributed by atoms with E-state index in [0.29, 0.717) is 24.6 Å². The minimum Gasteiger partial charge on any atom is -0.496 e. The van der Waals surface area contributed by atoms with E-state index in [-0.39, 0.29) is 11.9 Å². The lowest BCUT2D eigenvalue weighted by molar-refractivity contribution is 0.0950. The fourth-order valence-corrected chi connectivity index (χ4v) is 3.86. The van der Waals surface area contributed by atoms with Crippen LogP contribution in [0.5, 0.6) is 5.75 Å². The van der Waals surface area contributed by atoms with Crippen molar-refractivity contribution in [1.29, 1.82) is 0 Å². The number of nitrogens with zero attached hydrogens (tertiary/aromatic N) is 1. The van der Waals surface area contributed by atoms with Gasteiger partial charge in [0.15, 0.2) is 0 Å². The highest BCUT2D eigenvalue weighted by molar-refractivity contribution is 5.94. The van der Waals surface area contributed by atoms with Crippen molar-refractivity contribution in [2.75, 3.05) is 26.7 Å². The van der Waals surface area contributed by atoms with Crippen LogP contribution in [0.4, 0.5) is 4.79 Å². The van der Waals surface area contributed by atoms with Crippen LogP contribution < -0.4 is 15.4 Å². The second-order valence-corrected chi connectivity index (χ2v) is 7.66. The number of piperidine rings is 1. The van der Waals surface area contributed by atoms with Crippen LogP contribution in [-0.4, -0.2) is 43.6 Å². The number of carbonyl (C=O) groups excluding carboxylic acids is 2. The number of rotatable bonds is 7. The molecule has 0 atom stereocenters. The highest BCUT2D eigenvalue weighted by Crippen LogP contribution is 2.22. The van der Waals surface area contributed by atoms with E-state index in [2.05, 4.69) is 10.6 Å². The van der Waals surface area contributed by atoms with E-state index < -0.39 is 0 Å². The van der Waals surface area contributed by atoms with E-state index in [0.717, 1.165) is 43.7 Å². The van der Waals surface area contributed by atoms with Crippen LogP contribution >= 0.6 is 0 Å². The lowest BCUT2D eigenvalue weighted by atomic mass is 9.90. The summed E-state index contributed by atoms with van der Waals surface area (Å²) in [6.45, 7) is 4.64. The number of ether oxygens (including phenoxy) is 1. The Morgan fingerprint density at radius 2 is 1.73 bits per heavy atom. The molecule has 1 aliphatic heterocycles. The lowest BCUT2D eigenvalue weighted by Gasteiger charge is -2.32. The molecule has 1 heterocycles. The molecular formula is C24H31N3O3. The molecule has 2 aromatic carbocycles. The summed E-state index contributed by atoms with van der Waals surface area (Å²) in [6, 6.07) is 15.6. The van der Waals surface area contributed by atoms with E-state index in [1.807, 2.05) is 60.4 Å². The summed E-state index contributed by atoms with van der Waals surface area (Å²) in [4.78, 5) is 26.3. The van der Waals surface area contributed by atoms with E-state index in [1.165, 1.54) is 5.56 Å². The zero-order valence-corrected chi connectivity index (χ0v) is 17.8. The molecule has 6 heteroatoms. The van der Waals surface area contributed by atoms with E-state index in [1.54, 1.807) is 7.11 Å². The Hall–Kier alpha value is -3.02. The van der Waals surface area contributed by atoms with Crippen LogP contribution in [0.25, 0.3) is 0 Å². The minimum atomic E-state index is -0.0947. The Morgan fingerprint density at radius 3 is 2.40 bits per heavy atom. The summed E-state index contributed by atoms with van der Waals surface area (Å²) in [7, 11) is 1.63. The quantitative estimate of drug-likeness (QED) is 0.734. The van der Waals surface area contributed by atoms with Crippen molar-refractivity contribution in [3.8, 4) is 5.75 Å². The predicted molar refractivity (Wildman–Crippen MR) is 118 cm³/mol. The van der Waals surface area contributed by atoms with Crippen LogP contribution in [0.3, 0.4) is 0 Å². The standard InChI is InChI=1S/C24H31N3O3/c1-3-25-24(29)27-14-12-19(13-15-27)16-18-8-10-20(11-9-18)23(28)26-17-21-6-4-5-7-22(21)30-2/h4-11,19H,3,12-17H2,1-2H3,(H,25,29)(H,26,28). The summed E-state index contributed by atoms with van der Waals surface area (Å²) >= 11 is 0. The third kappa shape index (κ3) is 5.75. The maximum Gasteiger partial charge on any atom is 0.317 e. The largest absolute Gasteiger partial charge is 0.496 e. The smallest absolute Gasteiger partial charge is 0.317 e. The van der Waals surface area contributed by atoms with Gasteiger partial charge in [-0.3, -0.25) is 4.79 Å². The van der Waals surface area contributed by atoms with Crippen molar-refractivity contribution in [1.82, 2.24) is 15.5 Å². The van der Waals surface area contributed by atoms with E-state index >= 15 is 0 Å². The first-order chi connectivity index (χ1) is 14.6. The molecule has 1 saturated heterocycles. The molecule has 2 N–H and O–H groups in total. The molecule has 0 unspecified atom stereocenters. The number of methoxy groups -OCH3 is 1. The third-order valence-corrected chi connectivity index (χ3v) is 5.60. The van der Waals surface area contributed by atoms with Crippen LogP contribution in [0.15, 0.2) is 48.5 Å². The topological polar surface area (TPSA) is 70.7 Å². The first-order valence-corrected chi connectivity index (χ1v) is 10.6. The first kappa shape index (κ1) is 21.7. The molecule has 0 spiro atoms. The Morgan fingerprint density at radius 1 is 1.03 bits per heavy atom. The van der Waals surface area contributed by atoms with Gasteiger partial charge in [0.05, 0.1) is 7.11 Å². The van der Waals surface area contributed by atoms with Crippen molar-refractivity contribution >= 4 is 11.9 Å². The lowest BCUT2D eigenvalue weighted by Crippen LogP contribution is -2.44. The number of para-hydroxylation sites is 1. The summed E-state index contributed by atoms with van der Waals surface area (Å²) in [5.41, 5.74) is 2.83. The molecule has 3 rings (SSSR count). The number of hydrogen-bond donors (Lipinski definition) is 2. The van der Waals surface area contributed by atoms with Crippen molar-refractivity contribution in [2.24, 2.45) is 5.92 Å². The van der Waals surface area contributed by atoms with Crippen molar-refractivity contribution in [3.63, 3.8) is 0 Å². The van der Waals surface area contributed by atoms with Gasteiger partial charge < -0.3 is 20.3 Å². The molecular weight excluding hydrogens is 378 g/mol. The molecule has 0 aromatic heterocycles. The molecule has 160 valence electrons. The number of benzene rings is 2. The van der Waals surface area contributed by atoms with Gasteiger partial charge in [-0.1, -0.05) is 30.3 Å². The normalized spacial score (nSPS) is 14.3. The van der Waals surface area contributed by atoms with Gasteiger partial charge in [0, 0.05) is 37.3 Å². The molecule has 0 radical (unpaired) electrons. The second-order valence-electron chi connectivity index (χ2n) is 7.66. The van der Waals surface area contributed by atoms with Crippen molar-refractivity contribution < 1.29 is 14.3 Å².